The Morgan fingerprint density at radius 1 is 1.25 bits per heavy atom. The monoisotopic (exact) mass is 351 g/mol. The van der Waals surface area contributed by atoms with E-state index in [2.05, 4.69) is 5.32 Å². The Morgan fingerprint density at radius 3 is 2.67 bits per heavy atom. The van der Waals surface area contributed by atoms with Crippen molar-refractivity contribution in [1.82, 2.24) is 0 Å². The summed E-state index contributed by atoms with van der Waals surface area (Å²) in [6, 6.07) is 0. The fourth-order valence-electron chi connectivity index (χ4n) is 2.97. The maximum Gasteiger partial charge on any atom is 0.341 e. The van der Waals surface area contributed by atoms with Crippen molar-refractivity contribution in [2.75, 3.05) is 18.5 Å². The van der Waals surface area contributed by atoms with Gasteiger partial charge in [0.05, 0.1) is 18.1 Å². The minimum Gasteiger partial charge on any atom is -0.462 e. The van der Waals surface area contributed by atoms with Crippen LogP contribution in [-0.4, -0.2) is 31.1 Å². The van der Waals surface area contributed by atoms with Crippen LogP contribution in [0.1, 0.15) is 47.5 Å². The Bertz CT molecular complexity index is 681. The van der Waals surface area contributed by atoms with Gasteiger partial charge in [-0.25, -0.2) is 4.79 Å². The second-order valence-electron chi connectivity index (χ2n) is 6.26. The van der Waals surface area contributed by atoms with Crippen LogP contribution in [0.4, 0.5) is 5.00 Å². The first kappa shape index (κ1) is 17.0. The first-order valence-corrected chi connectivity index (χ1v) is 9.11. The zero-order valence-electron chi connectivity index (χ0n) is 13.8. The average Bonchev–Trinajstić information content (AvgIpc) is 2.94. The molecule has 2 aliphatic carbocycles. The lowest BCUT2D eigenvalue weighted by Gasteiger charge is -2.08. The van der Waals surface area contributed by atoms with Crippen LogP contribution >= 0.6 is 11.3 Å². The highest BCUT2D eigenvalue weighted by Crippen LogP contribution is 2.40. The minimum absolute atomic E-state index is 0.0709. The number of hydrogen-bond donors (Lipinski definition) is 1. The molecule has 130 valence electrons. The lowest BCUT2D eigenvalue weighted by Crippen LogP contribution is -2.22. The number of carbonyl (C=O) groups is 3. The zero-order chi connectivity index (χ0) is 17.3. The van der Waals surface area contributed by atoms with Crippen molar-refractivity contribution in [2.24, 2.45) is 11.8 Å². The number of amides is 1. The normalized spacial score (nSPS) is 21.1. The van der Waals surface area contributed by atoms with Crippen LogP contribution < -0.4 is 5.32 Å². The fourth-order valence-corrected chi connectivity index (χ4v) is 4.26. The van der Waals surface area contributed by atoms with Gasteiger partial charge >= 0.3 is 11.9 Å². The van der Waals surface area contributed by atoms with Crippen molar-refractivity contribution in [2.45, 2.75) is 39.5 Å². The Hall–Kier alpha value is -1.89. The number of anilines is 1. The van der Waals surface area contributed by atoms with E-state index in [0.29, 0.717) is 16.5 Å². The molecule has 3 rings (SSSR count). The quantitative estimate of drug-likeness (QED) is 0.797. The molecule has 2 aliphatic rings. The Morgan fingerprint density at radius 2 is 2.00 bits per heavy atom. The van der Waals surface area contributed by atoms with Crippen molar-refractivity contribution in [3.05, 3.63) is 16.0 Å². The lowest BCUT2D eigenvalue weighted by molar-refractivity contribution is -0.148. The molecule has 0 saturated heterocycles. The molecule has 1 heterocycles. The molecule has 0 spiro atoms. The minimum atomic E-state index is -0.429. The Balaban J connectivity index is 1.65. The van der Waals surface area contributed by atoms with Gasteiger partial charge in [-0.05, 0) is 44.1 Å². The average molecular weight is 351 g/mol. The summed E-state index contributed by atoms with van der Waals surface area (Å²) >= 11 is 1.41. The van der Waals surface area contributed by atoms with E-state index in [1.807, 2.05) is 6.92 Å². The summed E-state index contributed by atoms with van der Waals surface area (Å²) in [4.78, 5) is 37.1. The van der Waals surface area contributed by atoms with E-state index in [1.54, 1.807) is 6.92 Å². The second-order valence-corrected chi connectivity index (χ2v) is 7.36. The third-order valence-corrected chi connectivity index (χ3v) is 5.62. The van der Waals surface area contributed by atoms with E-state index in [9.17, 15) is 14.4 Å². The van der Waals surface area contributed by atoms with Gasteiger partial charge in [-0.2, -0.15) is 0 Å². The largest absolute Gasteiger partial charge is 0.462 e. The van der Waals surface area contributed by atoms with Gasteiger partial charge in [-0.1, -0.05) is 6.92 Å². The molecular formula is C17H21NO5S. The second kappa shape index (κ2) is 6.93. The molecule has 0 unspecified atom stereocenters. The topological polar surface area (TPSA) is 81.7 Å². The summed E-state index contributed by atoms with van der Waals surface area (Å²) in [5.41, 5.74) is 1.45. The zero-order valence-corrected chi connectivity index (χ0v) is 14.7. The molecule has 1 aromatic rings. The highest BCUT2D eigenvalue weighted by Gasteiger charge is 2.40. The first-order chi connectivity index (χ1) is 11.5. The summed E-state index contributed by atoms with van der Waals surface area (Å²) in [6.07, 6.45) is 3.57. The molecule has 1 N–H and O–H groups in total. The van der Waals surface area contributed by atoms with Crippen LogP contribution in [0.5, 0.6) is 0 Å². The molecule has 0 aromatic carbocycles. The van der Waals surface area contributed by atoms with E-state index in [1.165, 1.54) is 11.3 Å². The number of rotatable bonds is 6. The summed E-state index contributed by atoms with van der Waals surface area (Å²) in [7, 11) is 0. The van der Waals surface area contributed by atoms with Gasteiger partial charge in [-0.15, -0.1) is 11.3 Å². The van der Waals surface area contributed by atoms with Crippen molar-refractivity contribution in [1.29, 1.82) is 0 Å². The molecular weight excluding hydrogens is 330 g/mol. The predicted octanol–water partition coefficient (Wildman–Crippen LogP) is 2.55. The van der Waals surface area contributed by atoms with Crippen LogP contribution in [0.15, 0.2) is 0 Å². The summed E-state index contributed by atoms with van der Waals surface area (Å²) in [6.45, 7) is 3.69. The van der Waals surface area contributed by atoms with Gasteiger partial charge in [0, 0.05) is 4.88 Å². The highest BCUT2D eigenvalue weighted by atomic mass is 32.1. The van der Waals surface area contributed by atoms with Gasteiger partial charge < -0.3 is 14.8 Å². The van der Waals surface area contributed by atoms with Gasteiger partial charge in [0.15, 0.2) is 6.61 Å². The number of nitrogens with one attached hydrogen (secondary N) is 1. The highest BCUT2D eigenvalue weighted by molar-refractivity contribution is 7.17. The number of carbonyl (C=O) groups excluding carboxylic acids is 3. The number of thiophene rings is 1. The molecule has 24 heavy (non-hydrogen) atoms. The SMILES string of the molecule is CCOC(=O)c1c(NC(=O)COC(=O)[C@H]2C[C@@H]2C)sc2c1CCC2. The lowest BCUT2D eigenvalue weighted by atomic mass is 10.1. The molecule has 1 fully saturated rings. The van der Waals surface area contributed by atoms with Crippen LogP contribution in [0, 0.1) is 11.8 Å². The van der Waals surface area contributed by atoms with Crippen LogP contribution in [0.25, 0.3) is 0 Å². The molecule has 0 radical (unpaired) electrons. The summed E-state index contributed by atoms with van der Waals surface area (Å²) in [5.74, 6) is -0.884. The molecule has 7 heteroatoms. The first-order valence-electron chi connectivity index (χ1n) is 8.29. The number of fused-ring (bicyclic) bond motifs is 1. The standard InChI is InChI=1S/C17H21NO5S/c1-3-22-17(21)14-10-5-4-6-12(10)24-15(14)18-13(19)8-23-16(20)11-7-9(11)2/h9,11H,3-8H2,1-2H3,(H,18,19)/t9-,11-/m0/s1. The Labute approximate surface area is 144 Å². The molecule has 0 bridgehead atoms. The maximum absolute atomic E-state index is 12.2. The van der Waals surface area contributed by atoms with Gasteiger partial charge in [0.25, 0.3) is 5.91 Å². The Kier molecular flexibility index (Phi) is 4.89. The van der Waals surface area contributed by atoms with Crippen LogP contribution in [0.2, 0.25) is 0 Å². The maximum atomic E-state index is 12.2. The van der Waals surface area contributed by atoms with Crippen LogP contribution in [0.3, 0.4) is 0 Å². The molecule has 1 amide bonds. The van der Waals surface area contributed by atoms with Gasteiger partial charge in [0.1, 0.15) is 5.00 Å². The van der Waals surface area contributed by atoms with E-state index in [4.69, 9.17) is 9.47 Å². The van der Waals surface area contributed by atoms with E-state index in [0.717, 1.165) is 36.1 Å². The molecule has 1 aromatic heterocycles. The smallest absolute Gasteiger partial charge is 0.341 e. The van der Waals surface area contributed by atoms with Gasteiger partial charge in [-0.3, -0.25) is 9.59 Å². The van der Waals surface area contributed by atoms with Crippen molar-refractivity contribution >= 4 is 34.2 Å². The van der Waals surface area contributed by atoms with E-state index < -0.39 is 11.9 Å². The number of esters is 2. The predicted molar refractivity (Wildman–Crippen MR) is 89.2 cm³/mol. The van der Waals surface area contributed by atoms with Crippen molar-refractivity contribution < 1.29 is 23.9 Å². The third-order valence-electron chi connectivity index (χ3n) is 4.41. The molecule has 2 atom stereocenters. The number of ether oxygens (including phenoxy) is 2. The van der Waals surface area contributed by atoms with Crippen molar-refractivity contribution in [3.63, 3.8) is 0 Å². The van der Waals surface area contributed by atoms with Gasteiger partial charge in [0.2, 0.25) is 0 Å². The van der Waals surface area contributed by atoms with Crippen molar-refractivity contribution in [3.8, 4) is 0 Å². The molecule has 6 nitrogen and oxygen atoms in total. The molecule has 1 saturated carbocycles. The van der Waals surface area contributed by atoms with E-state index >= 15 is 0 Å². The summed E-state index contributed by atoms with van der Waals surface area (Å²) < 4.78 is 10.1. The number of aryl methyl sites for hydroxylation is 1. The summed E-state index contributed by atoms with van der Waals surface area (Å²) in [5, 5.41) is 3.21. The molecule has 0 aliphatic heterocycles. The third kappa shape index (κ3) is 3.45. The fraction of sp³-hybridized carbons (Fsp3) is 0.588. The van der Waals surface area contributed by atoms with Crippen LogP contribution in [-0.2, 0) is 31.9 Å². The number of hydrogen-bond acceptors (Lipinski definition) is 6. The van der Waals surface area contributed by atoms with E-state index in [-0.39, 0.29) is 25.1 Å².